The standard InChI is InChI=1S/C19H22F3N3/c20-16-8-14(9-17(21)18(16)22)10-24-6-1-2-15(12-24)19-23-5-7-25(19)11-13-3-4-13/h5,7-9,13,15H,1-4,6,10-12H2/t15-/m1/s1. The van der Waals surface area contributed by atoms with Crippen molar-refractivity contribution in [2.24, 2.45) is 5.92 Å². The number of rotatable bonds is 5. The summed E-state index contributed by atoms with van der Waals surface area (Å²) >= 11 is 0. The van der Waals surface area contributed by atoms with Crippen LogP contribution in [0.5, 0.6) is 0 Å². The van der Waals surface area contributed by atoms with Crippen molar-refractivity contribution < 1.29 is 13.2 Å². The third kappa shape index (κ3) is 3.73. The topological polar surface area (TPSA) is 21.1 Å². The Labute approximate surface area is 145 Å². The molecule has 2 fully saturated rings. The van der Waals surface area contributed by atoms with Crippen LogP contribution in [0.3, 0.4) is 0 Å². The van der Waals surface area contributed by atoms with Gasteiger partial charge in [-0.3, -0.25) is 4.90 Å². The molecular formula is C19H22F3N3. The van der Waals surface area contributed by atoms with E-state index >= 15 is 0 Å². The molecule has 1 aromatic heterocycles. The van der Waals surface area contributed by atoms with Gasteiger partial charge in [0.25, 0.3) is 0 Å². The summed E-state index contributed by atoms with van der Waals surface area (Å²) in [6, 6.07) is 2.19. The quantitative estimate of drug-likeness (QED) is 0.758. The molecule has 134 valence electrons. The van der Waals surface area contributed by atoms with E-state index in [1.54, 1.807) is 0 Å². The maximum absolute atomic E-state index is 13.4. The van der Waals surface area contributed by atoms with E-state index < -0.39 is 17.5 Å². The van der Waals surface area contributed by atoms with Gasteiger partial charge >= 0.3 is 0 Å². The summed E-state index contributed by atoms with van der Waals surface area (Å²) in [5.74, 6) is -1.40. The van der Waals surface area contributed by atoms with E-state index in [1.807, 2.05) is 6.20 Å². The largest absolute Gasteiger partial charge is 0.334 e. The van der Waals surface area contributed by atoms with Gasteiger partial charge < -0.3 is 4.57 Å². The lowest BCUT2D eigenvalue weighted by atomic mass is 9.96. The summed E-state index contributed by atoms with van der Waals surface area (Å²) in [7, 11) is 0. The number of hydrogen-bond acceptors (Lipinski definition) is 2. The molecule has 6 heteroatoms. The van der Waals surface area contributed by atoms with Crippen LogP contribution in [0, 0.1) is 23.4 Å². The van der Waals surface area contributed by atoms with E-state index in [0.717, 1.165) is 56.4 Å². The van der Waals surface area contributed by atoms with Gasteiger partial charge in [0.05, 0.1) is 0 Å². The zero-order valence-electron chi connectivity index (χ0n) is 14.1. The zero-order chi connectivity index (χ0) is 17.4. The van der Waals surface area contributed by atoms with E-state index in [2.05, 4.69) is 20.6 Å². The second kappa shape index (κ2) is 6.83. The highest BCUT2D eigenvalue weighted by Gasteiger charge is 2.28. The summed E-state index contributed by atoms with van der Waals surface area (Å²) in [6.45, 7) is 3.15. The fourth-order valence-electron chi connectivity index (χ4n) is 3.78. The average molecular weight is 349 g/mol. The monoisotopic (exact) mass is 349 g/mol. The molecule has 3 nitrogen and oxygen atoms in total. The molecule has 25 heavy (non-hydrogen) atoms. The van der Waals surface area contributed by atoms with Gasteiger partial charge in [0.2, 0.25) is 0 Å². The van der Waals surface area contributed by atoms with Gasteiger partial charge in [-0.05, 0) is 55.8 Å². The highest BCUT2D eigenvalue weighted by atomic mass is 19.2. The Morgan fingerprint density at radius 2 is 1.84 bits per heavy atom. The molecule has 4 rings (SSSR count). The van der Waals surface area contributed by atoms with Gasteiger partial charge in [-0.25, -0.2) is 18.2 Å². The minimum atomic E-state index is -1.40. The van der Waals surface area contributed by atoms with Crippen LogP contribution in [0.1, 0.15) is 43.0 Å². The molecule has 1 saturated carbocycles. The van der Waals surface area contributed by atoms with Gasteiger partial charge in [-0.2, -0.15) is 0 Å². The Bertz CT molecular complexity index is 731. The average Bonchev–Trinajstić information content (AvgIpc) is 3.28. The molecule has 0 radical (unpaired) electrons. The number of halogens is 3. The van der Waals surface area contributed by atoms with Gasteiger partial charge in [0.15, 0.2) is 17.5 Å². The van der Waals surface area contributed by atoms with Crippen molar-refractivity contribution in [1.82, 2.24) is 14.5 Å². The second-order valence-corrected chi connectivity index (χ2v) is 7.33. The number of hydrogen-bond donors (Lipinski definition) is 0. The van der Waals surface area contributed by atoms with Crippen LogP contribution in [0.15, 0.2) is 24.5 Å². The maximum Gasteiger partial charge on any atom is 0.194 e. The predicted octanol–water partition coefficient (Wildman–Crippen LogP) is 4.09. The number of piperidine rings is 1. The fraction of sp³-hybridized carbons (Fsp3) is 0.526. The normalized spacial score (nSPS) is 21.6. The van der Waals surface area contributed by atoms with Crippen LogP contribution >= 0.6 is 0 Å². The van der Waals surface area contributed by atoms with Crippen LogP contribution in [0.4, 0.5) is 13.2 Å². The van der Waals surface area contributed by atoms with Crippen molar-refractivity contribution in [3.05, 3.63) is 53.4 Å². The van der Waals surface area contributed by atoms with Gasteiger partial charge in [0.1, 0.15) is 5.82 Å². The van der Waals surface area contributed by atoms with Crippen molar-refractivity contribution in [3.8, 4) is 0 Å². The molecule has 2 aliphatic rings. The number of nitrogens with zero attached hydrogens (tertiary/aromatic N) is 3. The number of imidazole rings is 1. The SMILES string of the molecule is Fc1cc(CN2CCC[C@@H](c3nccn3CC3CC3)C2)cc(F)c1F. The minimum Gasteiger partial charge on any atom is -0.334 e. The summed E-state index contributed by atoms with van der Waals surface area (Å²) < 4.78 is 42.2. The molecule has 1 aliphatic heterocycles. The lowest BCUT2D eigenvalue weighted by Gasteiger charge is -2.32. The van der Waals surface area contributed by atoms with E-state index in [9.17, 15) is 13.2 Å². The lowest BCUT2D eigenvalue weighted by Crippen LogP contribution is -2.35. The van der Waals surface area contributed by atoms with Crippen molar-refractivity contribution in [2.75, 3.05) is 13.1 Å². The lowest BCUT2D eigenvalue weighted by molar-refractivity contribution is 0.194. The summed E-state index contributed by atoms with van der Waals surface area (Å²) in [5, 5.41) is 0. The molecule has 1 aliphatic carbocycles. The molecule has 1 aromatic carbocycles. The second-order valence-electron chi connectivity index (χ2n) is 7.33. The zero-order valence-corrected chi connectivity index (χ0v) is 14.1. The Morgan fingerprint density at radius 1 is 1.08 bits per heavy atom. The summed E-state index contributed by atoms with van der Waals surface area (Å²) in [4.78, 5) is 6.75. The Balaban J connectivity index is 1.45. The fourth-order valence-corrected chi connectivity index (χ4v) is 3.78. The van der Waals surface area contributed by atoms with Gasteiger partial charge in [-0.1, -0.05) is 0 Å². The first-order valence-electron chi connectivity index (χ1n) is 8.97. The van der Waals surface area contributed by atoms with E-state index in [-0.39, 0.29) is 0 Å². The van der Waals surface area contributed by atoms with E-state index in [4.69, 9.17) is 0 Å². The van der Waals surface area contributed by atoms with Crippen LogP contribution in [0.2, 0.25) is 0 Å². The highest BCUT2D eigenvalue weighted by molar-refractivity contribution is 5.19. The van der Waals surface area contributed by atoms with Crippen molar-refractivity contribution in [1.29, 1.82) is 0 Å². The van der Waals surface area contributed by atoms with E-state index in [0.29, 0.717) is 18.0 Å². The van der Waals surface area contributed by atoms with Crippen molar-refractivity contribution in [2.45, 2.75) is 44.7 Å². The third-order valence-electron chi connectivity index (χ3n) is 5.22. The number of aromatic nitrogens is 2. The Kier molecular flexibility index (Phi) is 4.54. The molecule has 0 spiro atoms. The Hall–Kier alpha value is -1.82. The first kappa shape index (κ1) is 16.6. The molecule has 0 bridgehead atoms. The highest BCUT2D eigenvalue weighted by Crippen LogP contribution is 2.33. The molecule has 0 unspecified atom stereocenters. The first-order valence-corrected chi connectivity index (χ1v) is 8.97. The summed E-state index contributed by atoms with van der Waals surface area (Å²) in [5.41, 5.74) is 0.471. The smallest absolute Gasteiger partial charge is 0.194 e. The van der Waals surface area contributed by atoms with Crippen molar-refractivity contribution >= 4 is 0 Å². The molecule has 2 heterocycles. The van der Waals surface area contributed by atoms with Crippen LogP contribution in [-0.2, 0) is 13.1 Å². The number of benzene rings is 1. The maximum atomic E-state index is 13.4. The predicted molar refractivity (Wildman–Crippen MR) is 88.5 cm³/mol. The molecule has 0 N–H and O–H groups in total. The van der Waals surface area contributed by atoms with Crippen molar-refractivity contribution in [3.63, 3.8) is 0 Å². The molecular weight excluding hydrogens is 327 g/mol. The summed E-state index contributed by atoms with van der Waals surface area (Å²) in [6.07, 6.45) is 8.61. The van der Waals surface area contributed by atoms with Gasteiger partial charge in [-0.15, -0.1) is 0 Å². The minimum absolute atomic E-state index is 0.331. The van der Waals surface area contributed by atoms with Crippen LogP contribution < -0.4 is 0 Å². The Morgan fingerprint density at radius 3 is 2.56 bits per heavy atom. The van der Waals surface area contributed by atoms with Gasteiger partial charge in [0, 0.05) is 37.9 Å². The molecule has 1 saturated heterocycles. The molecule has 2 aromatic rings. The first-order chi connectivity index (χ1) is 12.1. The van der Waals surface area contributed by atoms with Crippen LogP contribution in [0.25, 0.3) is 0 Å². The van der Waals surface area contributed by atoms with E-state index in [1.165, 1.54) is 12.8 Å². The van der Waals surface area contributed by atoms with Crippen LogP contribution in [-0.4, -0.2) is 27.5 Å². The molecule has 1 atom stereocenters. The number of likely N-dealkylation sites (tertiary alicyclic amines) is 1. The third-order valence-corrected chi connectivity index (χ3v) is 5.22. The molecule has 0 amide bonds.